The minimum atomic E-state index is -1.35. The van der Waals surface area contributed by atoms with Crippen molar-refractivity contribution in [1.29, 1.82) is 0 Å². The van der Waals surface area contributed by atoms with Gasteiger partial charge in [-0.3, -0.25) is 38.6 Å². The van der Waals surface area contributed by atoms with Crippen LogP contribution >= 0.6 is 0 Å². The number of likely N-dealkylation sites (N-methyl/N-ethyl adjacent to an activating group) is 1. The van der Waals surface area contributed by atoms with Gasteiger partial charge >= 0.3 is 5.97 Å². The highest BCUT2D eigenvalue weighted by atomic mass is 16.4. The maximum atomic E-state index is 14.5. The Morgan fingerprint density at radius 2 is 1.43 bits per heavy atom. The van der Waals surface area contributed by atoms with Gasteiger partial charge in [0.2, 0.25) is 41.4 Å². The summed E-state index contributed by atoms with van der Waals surface area (Å²) in [7, 11) is 1.57. The number of nitrogens with two attached hydrogens (primary N) is 2. The van der Waals surface area contributed by atoms with Crippen molar-refractivity contribution in [3.63, 3.8) is 0 Å². The van der Waals surface area contributed by atoms with Gasteiger partial charge in [-0.05, 0) is 68.2 Å². The molecule has 0 spiro atoms. The fourth-order valence-electron chi connectivity index (χ4n) is 7.61. The lowest BCUT2D eigenvalue weighted by Crippen LogP contribution is -2.62. The molecule has 3 rings (SSSR count). The number of imidazole rings is 1. The van der Waals surface area contributed by atoms with Gasteiger partial charge in [-0.2, -0.15) is 0 Å². The fourth-order valence-corrected chi connectivity index (χ4v) is 7.61. The van der Waals surface area contributed by atoms with E-state index in [-0.39, 0.29) is 57.0 Å². The van der Waals surface area contributed by atoms with E-state index in [1.807, 2.05) is 0 Å². The van der Waals surface area contributed by atoms with Gasteiger partial charge in [0, 0.05) is 37.8 Å². The van der Waals surface area contributed by atoms with E-state index in [1.54, 1.807) is 60.7 Å². The van der Waals surface area contributed by atoms with Crippen LogP contribution in [0, 0.1) is 17.8 Å². The van der Waals surface area contributed by atoms with Crippen LogP contribution in [0.3, 0.4) is 0 Å². The summed E-state index contributed by atoms with van der Waals surface area (Å²) in [6.07, 6.45) is 4.25. The minimum absolute atomic E-state index is 0.0373. The highest BCUT2D eigenvalue weighted by molar-refractivity contribution is 5.98. The molecule has 0 saturated carbocycles. The molecular formula is C45H71N13O10. The molecular weight excluding hydrogens is 883 g/mol. The minimum Gasteiger partial charge on any atom is -0.508 e. The van der Waals surface area contributed by atoms with Gasteiger partial charge in [0.1, 0.15) is 48.0 Å². The number of carboxylic acids is 1. The summed E-state index contributed by atoms with van der Waals surface area (Å²) in [5.41, 5.74) is 11.9. The molecule has 14 N–H and O–H groups in total. The largest absolute Gasteiger partial charge is 0.508 e. The third-order valence-corrected chi connectivity index (χ3v) is 11.6. The Balaban J connectivity index is 1.92. The first-order chi connectivity index (χ1) is 32.2. The first-order valence-electron chi connectivity index (χ1n) is 23.0. The Labute approximate surface area is 396 Å². The van der Waals surface area contributed by atoms with Crippen LogP contribution in [0.5, 0.6) is 5.75 Å². The molecule has 0 aliphatic carbocycles. The molecule has 1 saturated heterocycles. The molecule has 23 heteroatoms. The number of carboxylic acid groups (broad SMARTS) is 1. The Morgan fingerprint density at radius 3 is 2.00 bits per heavy atom. The maximum absolute atomic E-state index is 14.5. The molecule has 1 fully saturated rings. The fraction of sp³-hybridized carbons (Fsp3) is 0.600. The summed E-state index contributed by atoms with van der Waals surface area (Å²) >= 11 is 0. The van der Waals surface area contributed by atoms with E-state index in [9.17, 15) is 48.6 Å². The first-order valence-corrected chi connectivity index (χ1v) is 23.0. The summed E-state index contributed by atoms with van der Waals surface area (Å²) in [6, 6.07) is -2.40. The number of rotatable bonds is 27. The van der Waals surface area contributed by atoms with Crippen LogP contribution in [0.4, 0.5) is 0 Å². The average molecular weight is 954 g/mol. The molecule has 1 aliphatic heterocycles. The average Bonchev–Trinajstić information content (AvgIpc) is 4.00. The van der Waals surface area contributed by atoms with Gasteiger partial charge in [0.05, 0.1) is 12.9 Å². The number of carbonyl (C=O) groups excluding carboxylic acids is 7. The number of aromatic amines is 1. The molecule has 0 radical (unpaired) electrons. The van der Waals surface area contributed by atoms with E-state index in [4.69, 9.17) is 11.5 Å². The van der Waals surface area contributed by atoms with Crippen LogP contribution in [-0.4, -0.2) is 147 Å². The zero-order chi connectivity index (χ0) is 50.7. The molecule has 376 valence electrons. The van der Waals surface area contributed by atoms with Crippen molar-refractivity contribution < 1.29 is 48.6 Å². The van der Waals surface area contributed by atoms with E-state index in [2.05, 4.69) is 52.2 Å². The van der Waals surface area contributed by atoms with Gasteiger partial charge in [-0.25, -0.2) is 9.78 Å². The second-order valence-corrected chi connectivity index (χ2v) is 17.7. The van der Waals surface area contributed by atoms with E-state index in [0.29, 0.717) is 30.5 Å². The van der Waals surface area contributed by atoms with Crippen LogP contribution in [0.25, 0.3) is 0 Å². The zero-order valence-corrected chi connectivity index (χ0v) is 40.0. The lowest BCUT2D eigenvalue weighted by molar-refractivity contribution is -0.146. The van der Waals surface area contributed by atoms with Crippen LogP contribution in [0.1, 0.15) is 84.9 Å². The molecule has 68 heavy (non-hydrogen) atoms. The standard InChI is InChI=1S/C45H71N13O10/c1-8-26(6)37(42(65)54-32(20-28-21-49-23-51-28)43(66)58-18-10-12-33(58)40(63)56-36(25(4)5)44(67)68)57-39(62)31(19-27-13-15-29(59)16-14-27)53-41(64)35(24(2)3)55-38(61)30(52-34(60)22-48-7)11-9-17-50-45(46)47/h13-16,21,23-26,30-33,35-37,48,59H,8-12,17-20,22H2,1-7H3,(H,49,51)(H,52,60)(H,53,64)(H,54,65)(H,55,61)(H,56,63)(H,57,62)(H,67,68)(H4,46,47,50)/t26-,30-,31+,32-,33-,35-,36+,37-/m0/s1. The van der Waals surface area contributed by atoms with Gasteiger partial charge in [-0.1, -0.05) is 60.1 Å². The molecule has 0 unspecified atom stereocenters. The van der Waals surface area contributed by atoms with Crippen LogP contribution in [0.2, 0.25) is 0 Å². The lowest BCUT2D eigenvalue weighted by Gasteiger charge is -2.32. The number of amides is 7. The summed E-state index contributed by atoms with van der Waals surface area (Å²) in [4.78, 5) is 121. The second-order valence-electron chi connectivity index (χ2n) is 17.7. The number of hydrogen-bond acceptors (Lipinski definition) is 12. The van der Waals surface area contributed by atoms with E-state index >= 15 is 0 Å². The molecule has 1 aromatic carbocycles. The number of guanidine groups is 1. The SMILES string of the molecule is CC[C@H](C)[C@H](NC(=O)[C@@H](Cc1ccc(O)cc1)NC(=O)[C@@H](NC(=O)[C@H](CCCN=C(N)N)NC(=O)CNC)C(C)C)C(=O)N[C@@H](Cc1cnc[nH]1)C(=O)N1CCC[C@H]1C(=O)N[C@@H](C(=O)O)C(C)C. The third kappa shape index (κ3) is 17.1. The molecule has 2 aromatic rings. The molecule has 0 bridgehead atoms. The number of phenolic OH excluding ortho intramolecular Hbond substituents is 1. The number of aliphatic imine (C=N–C) groups is 1. The molecule has 7 amide bonds. The van der Waals surface area contributed by atoms with E-state index < -0.39 is 107 Å². The monoisotopic (exact) mass is 954 g/mol. The normalized spacial score (nSPS) is 16.5. The number of benzene rings is 1. The Kier molecular flexibility index (Phi) is 22.2. The highest BCUT2D eigenvalue weighted by Crippen LogP contribution is 2.21. The number of aromatic nitrogens is 2. The van der Waals surface area contributed by atoms with Gasteiger partial charge < -0.3 is 68.8 Å². The van der Waals surface area contributed by atoms with Crippen molar-refractivity contribution in [2.75, 3.05) is 26.7 Å². The van der Waals surface area contributed by atoms with Crippen molar-refractivity contribution in [3.8, 4) is 5.75 Å². The second kappa shape index (κ2) is 27.1. The van der Waals surface area contributed by atoms with Crippen molar-refractivity contribution in [2.45, 2.75) is 129 Å². The summed E-state index contributed by atoms with van der Waals surface area (Å²) in [5, 5.41) is 38.7. The summed E-state index contributed by atoms with van der Waals surface area (Å²) < 4.78 is 0. The highest BCUT2D eigenvalue weighted by Gasteiger charge is 2.41. The summed E-state index contributed by atoms with van der Waals surface area (Å²) in [5.74, 6) is -7.49. The smallest absolute Gasteiger partial charge is 0.326 e. The van der Waals surface area contributed by atoms with E-state index in [0.717, 1.165) is 0 Å². The number of nitrogens with zero attached hydrogens (tertiary/aromatic N) is 3. The van der Waals surface area contributed by atoms with Crippen LogP contribution in [-0.2, 0) is 51.2 Å². The lowest BCUT2D eigenvalue weighted by atomic mass is 9.96. The van der Waals surface area contributed by atoms with E-state index in [1.165, 1.54) is 29.6 Å². The Morgan fingerprint density at radius 1 is 0.809 bits per heavy atom. The molecule has 1 aromatic heterocycles. The van der Waals surface area contributed by atoms with Crippen LogP contribution in [0.15, 0.2) is 41.8 Å². The molecule has 1 aliphatic rings. The molecule has 8 atom stereocenters. The number of likely N-dealkylation sites (tertiary alicyclic amines) is 1. The van der Waals surface area contributed by atoms with Gasteiger partial charge in [0.25, 0.3) is 0 Å². The van der Waals surface area contributed by atoms with Crippen molar-refractivity contribution >= 4 is 53.3 Å². The number of H-pyrrole nitrogens is 1. The van der Waals surface area contributed by atoms with Gasteiger partial charge in [-0.15, -0.1) is 0 Å². The zero-order valence-electron chi connectivity index (χ0n) is 40.0. The summed E-state index contributed by atoms with van der Waals surface area (Å²) in [6.45, 7) is 10.5. The maximum Gasteiger partial charge on any atom is 0.326 e. The molecule has 2 heterocycles. The predicted molar refractivity (Wildman–Crippen MR) is 251 cm³/mol. The number of carbonyl (C=O) groups is 8. The Hall–Kier alpha value is -6.78. The van der Waals surface area contributed by atoms with Crippen LogP contribution < -0.4 is 48.7 Å². The number of aliphatic carboxylic acids is 1. The number of nitrogens with one attached hydrogen (secondary N) is 8. The number of aromatic hydroxyl groups is 1. The first kappa shape index (κ1) is 55.5. The van der Waals surface area contributed by atoms with Crippen molar-refractivity contribution in [2.24, 2.45) is 34.2 Å². The van der Waals surface area contributed by atoms with Crippen molar-refractivity contribution in [3.05, 3.63) is 48.0 Å². The third-order valence-electron chi connectivity index (χ3n) is 11.6. The predicted octanol–water partition coefficient (Wildman–Crippen LogP) is -1.48. The van der Waals surface area contributed by atoms with Crippen molar-refractivity contribution in [1.82, 2.24) is 52.1 Å². The quantitative estimate of drug-likeness (QED) is 0.0276. The van der Waals surface area contributed by atoms with Gasteiger partial charge in [0.15, 0.2) is 5.96 Å². The number of hydrogen-bond donors (Lipinski definition) is 12. The topological polar surface area (TPSA) is 358 Å². The molecule has 23 nitrogen and oxygen atoms in total. The Bertz CT molecular complexity index is 2040. The number of phenols is 1.